The van der Waals surface area contributed by atoms with Crippen molar-refractivity contribution in [1.29, 1.82) is 0 Å². The summed E-state index contributed by atoms with van der Waals surface area (Å²) in [4.78, 5) is 16.1. The number of aromatic nitrogens is 2. The number of aliphatic hydroxyl groups is 1. The first-order chi connectivity index (χ1) is 10.1. The number of nitrogens with zero attached hydrogens (tertiary/aromatic N) is 2. The molecule has 112 valence electrons. The van der Waals surface area contributed by atoms with Crippen LogP contribution in [0.2, 0.25) is 0 Å². The predicted octanol–water partition coefficient (Wildman–Crippen LogP) is 2.77. The monoisotopic (exact) mass is 288 g/mol. The Morgan fingerprint density at radius 2 is 2.24 bits per heavy atom. The van der Waals surface area contributed by atoms with Crippen LogP contribution in [0.15, 0.2) is 18.2 Å². The first-order valence-corrected chi connectivity index (χ1v) is 7.48. The van der Waals surface area contributed by atoms with E-state index >= 15 is 0 Å². The molecule has 1 saturated carbocycles. The van der Waals surface area contributed by atoms with E-state index in [0.717, 1.165) is 36.1 Å². The topological polar surface area (TPSA) is 75.3 Å². The van der Waals surface area contributed by atoms with Crippen molar-refractivity contribution in [2.75, 3.05) is 0 Å². The van der Waals surface area contributed by atoms with Gasteiger partial charge in [0.1, 0.15) is 5.82 Å². The third-order valence-corrected chi connectivity index (χ3v) is 3.97. The van der Waals surface area contributed by atoms with Crippen LogP contribution < -0.4 is 0 Å². The Morgan fingerprint density at radius 3 is 2.86 bits per heavy atom. The van der Waals surface area contributed by atoms with Crippen molar-refractivity contribution in [3.63, 3.8) is 0 Å². The smallest absolute Gasteiger partial charge is 0.337 e. The van der Waals surface area contributed by atoms with Gasteiger partial charge in [-0.2, -0.15) is 0 Å². The first-order valence-electron chi connectivity index (χ1n) is 7.48. The van der Waals surface area contributed by atoms with Gasteiger partial charge in [-0.3, -0.25) is 0 Å². The Kier molecular flexibility index (Phi) is 3.68. The highest BCUT2D eigenvalue weighted by Crippen LogP contribution is 2.41. The fourth-order valence-corrected chi connectivity index (χ4v) is 2.80. The molecular weight excluding hydrogens is 268 g/mol. The van der Waals surface area contributed by atoms with Crippen molar-refractivity contribution in [2.45, 2.75) is 51.2 Å². The van der Waals surface area contributed by atoms with Crippen LogP contribution in [0.25, 0.3) is 11.0 Å². The van der Waals surface area contributed by atoms with Gasteiger partial charge in [0.05, 0.1) is 22.7 Å². The number of aromatic carboxylic acids is 1. The van der Waals surface area contributed by atoms with Crippen LogP contribution in [-0.4, -0.2) is 31.8 Å². The van der Waals surface area contributed by atoms with E-state index in [4.69, 9.17) is 0 Å². The SMILES string of the molecule is CC(O)CCCn1c(C2CC2)nc2cccc(C(=O)O)c21. The molecule has 3 rings (SSSR count). The molecule has 21 heavy (non-hydrogen) atoms. The van der Waals surface area contributed by atoms with E-state index in [9.17, 15) is 15.0 Å². The second kappa shape index (κ2) is 5.48. The summed E-state index contributed by atoms with van der Waals surface area (Å²) in [5.74, 6) is 0.550. The predicted molar refractivity (Wildman–Crippen MR) is 79.6 cm³/mol. The summed E-state index contributed by atoms with van der Waals surface area (Å²) in [5, 5.41) is 18.8. The number of hydrogen-bond donors (Lipinski definition) is 2. The van der Waals surface area contributed by atoms with E-state index < -0.39 is 5.97 Å². The highest BCUT2D eigenvalue weighted by molar-refractivity contribution is 6.01. The Morgan fingerprint density at radius 1 is 1.48 bits per heavy atom. The maximum absolute atomic E-state index is 11.5. The number of carboxylic acids is 1. The van der Waals surface area contributed by atoms with Crippen LogP contribution in [-0.2, 0) is 6.54 Å². The maximum Gasteiger partial charge on any atom is 0.337 e. The van der Waals surface area contributed by atoms with Gasteiger partial charge in [-0.15, -0.1) is 0 Å². The van der Waals surface area contributed by atoms with Crippen molar-refractivity contribution in [3.8, 4) is 0 Å². The number of imidazole rings is 1. The minimum atomic E-state index is -0.917. The number of para-hydroxylation sites is 1. The summed E-state index contributed by atoms with van der Waals surface area (Å²) < 4.78 is 2.05. The van der Waals surface area contributed by atoms with E-state index in [1.54, 1.807) is 19.1 Å². The highest BCUT2D eigenvalue weighted by atomic mass is 16.4. The minimum absolute atomic E-state index is 0.309. The molecule has 1 fully saturated rings. The zero-order valence-corrected chi connectivity index (χ0v) is 12.1. The lowest BCUT2D eigenvalue weighted by Crippen LogP contribution is -2.09. The normalized spacial score (nSPS) is 16.3. The van der Waals surface area contributed by atoms with Gasteiger partial charge in [0.2, 0.25) is 0 Å². The van der Waals surface area contributed by atoms with E-state index in [1.807, 2.05) is 6.07 Å². The number of hydrogen-bond acceptors (Lipinski definition) is 3. The van der Waals surface area contributed by atoms with Crippen LogP contribution in [0.5, 0.6) is 0 Å². The number of carbonyl (C=O) groups is 1. The lowest BCUT2D eigenvalue weighted by molar-refractivity contribution is 0.0698. The second-order valence-electron chi connectivity index (χ2n) is 5.87. The average Bonchev–Trinajstić information content (AvgIpc) is 3.21. The summed E-state index contributed by atoms with van der Waals surface area (Å²) in [6, 6.07) is 5.25. The number of carboxylic acid groups (broad SMARTS) is 1. The van der Waals surface area contributed by atoms with Gasteiger partial charge in [0, 0.05) is 12.5 Å². The van der Waals surface area contributed by atoms with E-state index in [0.29, 0.717) is 24.4 Å². The molecule has 1 aliphatic rings. The third-order valence-electron chi connectivity index (χ3n) is 3.97. The molecule has 0 bridgehead atoms. The Hall–Kier alpha value is -1.88. The van der Waals surface area contributed by atoms with Crippen LogP contribution >= 0.6 is 0 Å². The molecule has 0 radical (unpaired) electrons. The Bertz CT molecular complexity index is 671. The van der Waals surface area contributed by atoms with Gasteiger partial charge in [-0.25, -0.2) is 9.78 Å². The zero-order valence-electron chi connectivity index (χ0n) is 12.1. The number of rotatable bonds is 6. The molecule has 5 heteroatoms. The maximum atomic E-state index is 11.5. The van der Waals surface area contributed by atoms with Crippen molar-refractivity contribution >= 4 is 17.0 Å². The van der Waals surface area contributed by atoms with Crippen LogP contribution in [0.1, 0.15) is 54.7 Å². The highest BCUT2D eigenvalue weighted by Gasteiger charge is 2.30. The van der Waals surface area contributed by atoms with Gasteiger partial charge in [0.25, 0.3) is 0 Å². The molecule has 0 spiro atoms. The van der Waals surface area contributed by atoms with Gasteiger partial charge in [-0.05, 0) is 44.7 Å². The van der Waals surface area contributed by atoms with E-state index in [1.165, 1.54) is 0 Å². The molecule has 1 unspecified atom stereocenters. The van der Waals surface area contributed by atoms with E-state index in [2.05, 4.69) is 9.55 Å². The summed E-state index contributed by atoms with van der Waals surface area (Å²) in [6.07, 6.45) is 3.45. The van der Waals surface area contributed by atoms with E-state index in [-0.39, 0.29) is 6.10 Å². The molecule has 0 saturated heterocycles. The number of aryl methyl sites for hydroxylation is 1. The molecule has 1 aromatic carbocycles. The fraction of sp³-hybridized carbons (Fsp3) is 0.500. The zero-order chi connectivity index (χ0) is 15.0. The van der Waals surface area contributed by atoms with Crippen molar-refractivity contribution in [1.82, 2.24) is 9.55 Å². The summed E-state index contributed by atoms with van der Waals surface area (Å²) in [6.45, 7) is 2.48. The molecule has 1 heterocycles. The largest absolute Gasteiger partial charge is 0.478 e. The Balaban J connectivity index is 2.04. The molecular formula is C16H20N2O3. The van der Waals surface area contributed by atoms with Crippen LogP contribution in [0.4, 0.5) is 0 Å². The second-order valence-corrected chi connectivity index (χ2v) is 5.87. The summed E-state index contributed by atoms with van der Waals surface area (Å²) in [5.41, 5.74) is 1.79. The number of fused-ring (bicyclic) bond motifs is 1. The lowest BCUT2D eigenvalue weighted by Gasteiger charge is -2.11. The van der Waals surface area contributed by atoms with Gasteiger partial charge in [0.15, 0.2) is 0 Å². The van der Waals surface area contributed by atoms with Crippen LogP contribution in [0.3, 0.4) is 0 Å². The molecule has 2 N–H and O–H groups in total. The molecule has 5 nitrogen and oxygen atoms in total. The quantitative estimate of drug-likeness (QED) is 0.857. The van der Waals surface area contributed by atoms with Gasteiger partial charge in [-0.1, -0.05) is 6.07 Å². The standard InChI is InChI=1S/C16H20N2O3/c1-10(19)4-3-9-18-14-12(16(20)21)5-2-6-13(14)17-15(18)11-7-8-11/h2,5-6,10-11,19H,3-4,7-9H2,1H3,(H,20,21). The van der Waals surface area contributed by atoms with Crippen LogP contribution in [0, 0.1) is 0 Å². The lowest BCUT2D eigenvalue weighted by atomic mass is 10.1. The molecule has 0 aliphatic heterocycles. The van der Waals surface area contributed by atoms with Gasteiger partial charge >= 0.3 is 5.97 Å². The number of aliphatic hydroxyl groups excluding tert-OH is 1. The van der Waals surface area contributed by atoms with Crippen molar-refractivity contribution < 1.29 is 15.0 Å². The fourth-order valence-electron chi connectivity index (χ4n) is 2.80. The summed E-state index contributed by atoms with van der Waals surface area (Å²) >= 11 is 0. The molecule has 0 amide bonds. The minimum Gasteiger partial charge on any atom is -0.478 e. The molecule has 1 atom stereocenters. The molecule has 1 aromatic heterocycles. The van der Waals surface area contributed by atoms with Crippen molar-refractivity contribution in [2.24, 2.45) is 0 Å². The average molecular weight is 288 g/mol. The molecule has 1 aliphatic carbocycles. The first kappa shape index (κ1) is 14.1. The molecule has 2 aromatic rings. The van der Waals surface area contributed by atoms with Gasteiger partial charge < -0.3 is 14.8 Å². The Labute approximate surface area is 123 Å². The summed E-state index contributed by atoms with van der Waals surface area (Å²) in [7, 11) is 0. The van der Waals surface area contributed by atoms with Crippen molar-refractivity contribution in [3.05, 3.63) is 29.6 Å². The number of benzene rings is 1. The third kappa shape index (κ3) is 2.78.